The number of nitrogens with one attached hydrogen (secondary N) is 1. The van der Waals surface area contributed by atoms with Crippen LogP contribution in [0.1, 0.15) is 51.1 Å². The van der Waals surface area contributed by atoms with Gasteiger partial charge in [0.1, 0.15) is 0 Å². The molecule has 1 aliphatic carbocycles. The van der Waals surface area contributed by atoms with Crippen molar-refractivity contribution in [3.8, 4) is 0 Å². The van der Waals surface area contributed by atoms with Gasteiger partial charge in [0, 0.05) is 24.5 Å². The van der Waals surface area contributed by atoms with E-state index in [0.717, 1.165) is 5.92 Å². The monoisotopic (exact) mass is 218 g/mol. The molecule has 1 N–H and O–H groups in total. The molecular formula is C14H22N2. The third kappa shape index (κ3) is 3.31. The first-order chi connectivity index (χ1) is 7.79. The van der Waals surface area contributed by atoms with Crippen molar-refractivity contribution in [3.63, 3.8) is 0 Å². The molecule has 1 aromatic rings. The van der Waals surface area contributed by atoms with Gasteiger partial charge in [0.25, 0.3) is 0 Å². The van der Waals surface area contributed by atoms with Gasteiger partial charge >= 0.3 is 0 Å². The minimum atomic E-state index is 0.414. The van der Waals surface area contributed by atoms with Crippen LogP contribution in [0.4, 0.5) is 0 Å². The van der Waals surface area contributed by atoms with E-state index in [1.54, 1.807) is 0 Å². The summed E-state index contributed by atoms with van der Waals surface area (Å²) in [6.07, 6.45) is 9.25. The molecule has 1 aromatic heterocycles. The Balaban J connectivity index is 1.86. The molecule has 0 aliphatic heterocycles. The Labute approximate surface area is 98.5 Å². The lowest BCUT2D eigenvalue weighted by molar-refractivity contribution is 0.403. The summed E-state index contributed by atoms with van der Waals surface area (Å²) in [6, 6.07) is 5.24. The van der Waals surface area contributed by atoms with Crippen LogP contribution in [0.25, 0.3) is 0 Å². The van der Waals surface area contributed by atoms with Gasteiger partial charge in [-0.3, -0.25) is 4.98 Å². The molecule has 0 spiro atoms. The van der Waals surface area contributed by atoms with Crippen LogP contribution in [-0.2, 0) is 0 Å². The van der Waals surface area contributed by atoms with Gasteiger partial charge in [0.05, 0.1) is 0 Å². The first-order valence-electron chi connectivity index (χ1n) is 6.45. The normalized spacial score (nSPS) is 19.4. The lowest BCUT2D eigenvalue weighted by Crippen LogP contribution is -2.31. The minimum absolute atomic E-state index is 0.414. The largest absolute Gasteiger partial charge is 0.307 e. The van der Waals surface area contributed by atoms with Crippen molar-refractivity contribution in [2.45, 2.75) is 51.6 Å². The average Bonchev–Trinajstić information content (AvgIpc) is 3.13. The topological polar surface area (TPSA) is 24.9 Å². The molecule has 0 radical (unpaired) electrons. The Morgan fingerprint density at radius 1 is 1.50 bits per heavy atom. The van der Waals surface area contributed by atoms with E-state index in [9.17, 15) is 0 Å². The molecule has 2 rings (SSSR count). The van der Waals surface area contributed by atoms with Crippen molar-refractivity contribution in [1.82, 2.24) is 10.3 Å². The Hall–Kier alpha value is -0.890. The highest BCUT2D eigenvalue weighted by atomic mass is 14.9. The third-order valence-corrected chi connectivity index (χ3v) is 3.48. The average molecular weight is 218 g/mol. The molecule has 0 aromatic carbocycles. The molecule has 16 heavy (non-hydrogen) atoms. The van der Waals surface area contributed by atoms with Gasteiger partial charge in [0.2, 0.25) is 0 Å². The van der Waals surface area contributed by atoms with Gasteiger partial charge < -0.3 is 5.32 Å². The van der Waals surface area contributed by atoms with Crippen molar-refractivity contribution in [2.24, 2.45) is 5.92 Å². The van der Waals surface area contributed by atoms with Crippen LogP contribution in [0, 0.1) is 5.92 Å². The Morgan fingerprint density at radius 3 is 2.88 bits per heavy atom. The summed E-state index contributed by atoms with van der Waals surface area (Å²) in [4.78, 5) is 4.17. The Bertz CT molecular complexity index is 306. The van der Waals surface area contributed by atoms with Gasteiger partial charge in [-0.2, -0.15) is 0 Å². The highest BCUT2D eigenvalue weighted by molar-refractivity contribution is 5.13. The Morgan fingerprint density at radius 2 is 2.31 bits per heavy atom. The van der Waals surface area contributed by atoms with Gasteiger partial charge in [-0.05, 0) is 37.3 Å². The molecule has 1 aliphatic rings. The fraction of sp³-hybridized carbons (Fsp3) is 0.643. The van der Waals surface area contributed by atoms with Gasteiger partial charge in [0.15, 0.2) is 0 Å². The van der Waals surface area contributed by atoms with E-state index in [0.29, 0.717) is 12.1 Å². The third-order valence-electron chi connectivity index (χ3n) is 3.48. The predicted molar refractivity (Wildman–Crippen MR) is 67.2 cm³/mol. The second-order valence-electron chi connectivity index (χ2n) is 4.96. The fourth-order valence-corrected chi connectivity index (χ4v) is 2.19. The second kappa shape index (κ2) is 5.44. The Kier molecular flexibility index (Phi) is 3.94. The molecule has 2 unspecified atom stereocenters. The summed E-state index contributed by atoms with van der Waals surface area (Å²) in [5, 5.41) is 3.71. The lowest BCUT2D eigenvalue weighted by Gasteiger charge is -2.22. The summed E-state index contributed by atoms with van der Waals surface area (Å²) in [5.41, 5.74) is 1.29. The molecule has 0 amide bonds. The van der Waals surface area contributed by atoms with Crippen molar-refractivity contribution < 1.29 is 0 Å². The zero-order valence-corrected chi connectivity index (χ0v) is 10.3. The smallest absolute Gasteiger partial charge is 0.0315 e. The maximum absolute atomic E-state index is 4.17. The number of pyridine rings is 1. The van der Waals surface area contributed by atoms with Crippen LogP contribution in [0.15, 0.2) is 24.5 Å². The molecule has 0 saturated heterocycles. The summed E-state index contributed by atoms with van der Waals surface area (Å²) >= 11 is 0. The van der Waals surface area contributed by atoms with E-state index < -0.39 is 0 Å². The van der Waals surface area contributed by atoms with Crippen molar-refractivity contribution >= 4 is 0 Å². The zero-order chi connectivity index (χ0) is 11.4. The van der Waals surface area contributed by atoms with E-state index in [2.05, 4.69) is 30.2 Å². The number of hydrogen-bond acceptors (Lipinski definition) is 2. The number of hydrogen-bond donors (Lipinski definition) is 1. The standard InChI is InChI=1S/C14H22N2/c1-3-14(9-12-6-7-12)16-11(2)13-5-4-8-15-10-13/h4-5,8,10-12,14,16H,3,6-7,9H2,1-2H3. The van der Waals surface area contributed by atoms with E-state index in [1.807, 2.05) is 18.5 Å². The molecule has 1 heterocycles. The van der Waals surface area contributed by atoms with E-state index >= 15 is 0 Å². The van der Waals surface area contributed by atoms with Crippen molar-refractivity contribution in [3.05, 3.63) is 30.1 Å². The molecule has 2 nitrogen and oxygen atoms in total. The number of nitrogens with zero attached hydrogens (tertiary/aromatic N) is 1. The van der Waals surface area contributed by atoms with Gasteiger partial charge in [-0.1, -0.05) is 25.8 Å². The molecule has 1 fully saturated rings. The number of aromatic nitrogens is 1. The summed E-state index contributed by atoms with van der Waals surface area (Å²) < 4.78 is 0. The predicted octanol–water partition coefficient (Wildman–Crippen LogP) is 3.31. The lowest BCUT2D eigenvalue weighted by atomic mass is 10.0. The maximum atomic E-state index is 4.17. The SMILES string of the molecule is CCC(CC1CC1)NC(C)c1cccnc1. The van der Waals surface area contributed by atoms with Gasteiger partial charge in [-0.25, -0.2) is 0 Å². The molecule has 2 heteroatoms. The van der Waals surface area contributed by atoms with Crippen LogP contribution in [0.3, 0.4) is 0 Å². The summed E-state index contributed by atoms with van der Waals surface area (Å²) in [6.45, 7) is 4.50. The maximum Gasteiger partial charge on any atom is 0.0315 e. The molecule has 2 atom stereocenters. The number of rotatable bonds is 6. The molecule has 1 saturated carbocycles. The highest BCUT2D eigenvalue weighted by Gasteiger charge is 2.25. The van der Waals surface area contributed by atoms with Gasteiger partial charge in [-0.15, -0.1) is 0 Å². The quantitative estimate of drug-likeness (QED) is 0.792. The summed E-state index contributed by atoms with van der Waals surface area (Å²) in [5.74, 6) is 0.999. The minimum Gasteiger partial charge on any atom is -0.307 e. The van der Waals surface area contributed by atoms with Crippen LogP contribution in [0.5, 0.6) is 0 Å². The van der Waals surface area contributed by atoms with Crippen molar-refractivity contribution in [2.75, 3.05) is 0 Å². The van der Waals surface area contributed by atoms with E-state index in [4.69, 9.17) is 0 Å². The van der Waals surface area contributed by atoms with Crippen LogP contribution in [0.2, 0.25) is 0 Å². The first-order valence-corrected chi connectivity index (χ1v) is 6.45. The van der Waals surface area contributed by atoms with Crippen molar-refractivity contribution in [1.29, 1.82) is 0 Å². The fourth-order valence-electron chi connectivity index (χ4n) is 2.19. The zero-order valence-electron chi connectivity index (χ0n) is 10.3. The van der Waals surface area contributed by atoms with E-state index in [1.165, 1.54) is 31.2 Å². The highest BCUT2D eigenvalue weighted by Crippen LogP contribution is 2.34. The molecular weight excluding hydrogens is 196 g/mol. The van der Waals surface area contributed by atoms with E-state index in [-0.39, 0.29) is 0 Å². The van der Waals surface area contributed by atoms with Crippen LogP contribution >= 0.6 is 0 Å². The first kappa shape index (κ1) is 11.6. The summed E-state index contributed by atoms with van der Waals surface area (Å²) in [7, 11) is 0. The van der Waals surface area contributed by atoms with Crippen LogP contribution in [-0.4, -0.2) is 11.0 Å². The second-order valence-corrected chi connectivity index (χ2v) is 4.96. The molecule has 0 bridgehead atoms. The van der Waals surface area contributed by atoms with Crippen LogP contribution < -0.4 is 5.32 Å². The molecule has 88 valence electrons.